The van der Waals surface area contributed by atoms with Crippen molar-refractivity contribution in [2.75, 3.05) is 6.61 Å². The number of halogens is 12. The number of fused-ring (bicyclic) bond motifs is 2. The third-order valence-electron chi connectivity index (χ3n) is 7.59. The number of alkyl halides is 12. The highest BCUT2D eigenvalue weighted by Gasteiger charge is 2.49. The first-order valence-corrected chi connectivity index (χ1v) is 13.3. The number of carboxylic acid groups (broad SMARTS) is 1. The molecule has 0 saturated heterocycles. The first kappa shape index (κ1) is 34.5. The zero-order chi connectivity index (χ0) is 35.6. The molecule has 2 N–H and O–H groups in total. The van der Waals surface area contributed by atoms with Crippen LogP contribution in [0.25, 0.3) is 21.8 Å². The van der Waals surface area contributed by atoms with Crippen molar-refractivity contribution < 1.29 is 67.7 Å². The predicted octanol–water partition coefficient (Wildman–Crippen LogP) is 7.93. The van der Waals surface area contributed by atoms with Gasteiger partial charge in [-0.15, -0.1) is 0 Å². The zero-order valence-electron chi connectivity index (χ0n) is 23.4. The van der Waals surface area contributed by atoms with Gasteiger partial charge in [0, 0.05) is 17.0 Å². The number of carboxylic acids is 1. The molecule has 0 aliphatic carbocycles. The predicted molar refractivity (Wildman–Crippen MR) is 143 cm³/mol. The van der Waals surface area contributed by atoms with Gasteiger partial charge in [-0.2, -0.15) is 52.7 Å². The Morgan fingerprint density at radius 3 is 1.50 bits per heavy atom. The molecule has 2 aromatic carbocycles. The Balaban J connectivity index is 2.12. The molecule has 1 aliphatic rings. The molecule has 0 amide bonds. The third kappa shape index (κ3) is 5.77. The third-order valence-corrected chi connectivity index (χ3v) is 7.59. The fourth-order valence-electron chi connectivity index (χ4n) is 5.65. The Bertz CT molecular complexity index is 1860. The minimum Gasteiger partial charge on any atom is -0.480 e. The monoisotopic (exact) mass is 695 g/mol. The smallest absolute Gasteiger partial charge is 0.433 e. The van der Waals surface area contributed by atoms with Gasteiger partial charge in [-0.05, 0) is 47.5 Å². The minimum absolute atomic E-state index is 0.169. The summed E-state index contributed by atoms with van der Waals surface area (Å²) in [6.07, 6.45) is -18.0. The number of benzene rings is 2. The van der Waals surface area contributed by atoms with Crippen LogP contribution in [0.5, 0.6) is 0 Å². The summed E-state index contributed by atoms with van der Waals surface area (Å²) in [5.41, 5.74) is -14.9. The SMILES string of the molecule is O=C(O)C(CO)N1C=CC=CC1(c1cc(C(F)(F)F)nc2c(C(F)(F)F)cccc12)c1cc(C(F)(F)F)nc2c(C(F)(F)F)cccc12. The normalized spacial score (nSPS) is 16.1. The van der Waals surface area contributed by atoms with Gasteiger partial charge < -0.3 is 15.1 Å². The van der Waals surface area contributed by atoms with E-state index in [0.717, 1.165) is 48.7 Å². The molecule has 5 rings (SSSR count). The van der Waals surface area contributed by atoms with Crippen molar-refractivity contribution in [2.45, 2.75) is 36.3 Å². The van der Waals surface area contributed by atoms with E-state index in [-0.39, 0.29) is 12.1 Å². The number of aliphatic carboxylic acids is 1. The van der Waals surface area contributed by atoms with Crippen LogP contribution in [0.2, 0.25) is 0 Å². The maximum atomic E-state index is 14.3. The summed E-state index contributed by atoms with van der Waals surface area (Å²) in [6.45, 7) is -1.37. The molecule has 0 radical (unpaired) electrons. The second-order valence-corrected chi connectivity index (χ2v) is 10.4. The van der Waals surface area contributed by atoms with Crippen molar-refractivity contribution in [3.05, 3.63) is 107 Å². The lowest BCUT2D eigenvalue weighted by Crippen LogP contribution is -2.53. The van der Waals surface area contributed by atoms with Crippen LogP contribution < -0.4 is 0 Å². The first-order valence-electron chi connectivity index (χ1n) is 13.3. The van der Waals surface area contributed by atoms with Crippen molar-refractivity contribution in [3.63, 3.8) is 0 Å². The van der Waals surface area contributed by atoms with Crippen molar-refractivity contribution >= 4 is 27.8 Å². The van der Waals surface area contributed by atoms with E-state index in [9.17, 15) is 67.7 Å². The Morgan fingerprint density at radius 1 is 0.708 bits per heavy atom. The molecule has 0 bridgehead atoms. The summed E-state index contributed by atoms with van der Waals surface area (Å²) in [5.74, 6) is -1.91. The van der Waals surface area contributed by atoms with E-state index in [1.807, 2.05) is 0 Å². The Hall–Kier alpha value is -4.87. The van der Waals surface area contributed by atoms with E-state index in [1.54, 1.807) is 0 Å². The van der Waals surface area contributed by atoms with Crippen LogP contribution in [0.4, 0.5) is 52.7 Å². The molecule has 1 atom stereocenters. The zero-order valence-corrected chi connectivity index (χ0v) is 23.4. The van der Waals surface area contributed by atoms with Gasteiger partial charge in [-0.1, -0.05) is 30.3 Å². The lowest BCUT2D eigenvalue weighted by Gasteiger charge is -2.47. The quantitative estimate of drug-likeness (QED) is 0.206. The summed E-state index contributed by atoms with van der Waals surface area (Å²) in [7, 11) is 0. The number of aliphatic hydroxyl groups is 1. The second-order valence-electron chi connectivity index (χ2n) is 10.4. The van der Waals surface area contributed by atoms with Crippen molar-refractivity contribution in [3.8, 4) is 0 Å². The molecule has 18 heteroatoms. The van der Waals surface area contributed by atoms with E-state index in [4.69, 9.17) is 0 Å². The maximum Gasteiger partial charge on any atom is 0.433 e. The van der Waals surface area contributed by atoms with Gasteiger partial charge in [-0.3, -0.25) is 0 Å². The first-order chi connectivity index (χ1) is 22.1. The van der Waals surface area contributed by atoms with Crippen LogP contribution >= 0.6 is 0 Å². The molecule has 2 aromatic heterocycles. The summed E-state index contributed by atoms with van der Waals surface area (Å²) < 4.78 is 171. The Kier molecular flexibility index (Phi) is 8.17. The van der Waals surface area contributed by atoms with Crippen molar-refractivity contribution in [2.24, 2.45) is 0 Å². The van der Waals surface area contributed by atoms with E-state index in [2.05, 4.69) is 9.97 Å². The van der Waals surface area contributed by atoms with Gasteiger partial charge >= 0.3 is 30.7 Å². The average molecular weight is 695 g/mol. The van der Waals surface area contributed by atoms with E-state index >= 15 is 0 Å². The highest BCUT2D eigenvalue weighted by molar-refractivity contribution is 5.92. The topological polar surface area (TPSA) is 86.5 Å². The number of para-hydroxylation sites is 2. The number of pyridine rings is 2. The van der Waals surface area contributed by atoms with E-state index in [0.29, 0.717) is 17.0 Å². The van der Waals surface area contributed by atoms with Crippen LogP contribution in [0, 0.1) is 0 Å². The molecular weight excluding hydrogens is 678 g/mol. The maximum absolute atomic E-state index is 14.3. The highest BCUT2D eigenvalue weighted by Crippen LogP contribution is 2.50. The number of carbonyl (C=O) groups is 1. The molecule has 6 nitrogen and oxygen atoms in total. The minimum atomic E-state index is -5.51. The number of nitrogens with zero attached hydrogens (tertiary/aromatic N) is 3. The Morgan fingerprint density at radius 2 is 1.15 bits per heavy atom. The summed E-state index contributed by atoms with van der Waals surface area (Å²) >= 11 is 0. The van der Waals surface area contributed by atoms with Crippen LogP contribution in [0.1, 0.15) is 33.6 Å². The van der Waals surface area contributed by atoms with Gasteiger partial charge in [0.15, 0.2) is 6.04 Å². The van der Waals surface area contributed by atoms with Gasteiger partial charge in [0.1, 0.15) is 16.9 Å². The molecule has 4 aromatic rings. The van der Waals surface area contributed by atoms with Crippen LogP contribution in [-0.2, 0) is 35.0 Å². The number of hydrogen-bond donors (Lipinski definition) is 2. The molecular formula is C30H17F12N3O3. The highest BCUT2D eigenvalue weighted by atomic mass is 19.4. The van der Waals surface area contributed by atoms with E-state index in [1.165, 1.54) is 0 Å². The molecule has 1 unspecified atom stereocenters. The second kappa shape index (κ2) is 11.4. The van der Waals surface area contributed by atoms with Crippen molar-refractivity contribution in [1.82, 2.24) is 14.9 Å². The molecule has 0 saturated carbocycles. The van der Waals surface area contributed by atoms with Gasteiger partial charge in [0.05, 0.1) is 28.8 Å². The van der Waals surface area contributed by atoms with Crippen LogP contribution in [-0.4, -0.2) is 43.7 Å². The number of rotatable bonds is 5. The van der Waals surface area contributed by atoms with Gasteiger partial charge in [0.25, 0.3) is 0 Å². The molecule has 48 heavy (non-hydrogen) atoms. The number of aromatic nitrogens is 2. The fraction of sp³-hybridized carbons (Fsp3) is 0.233. The standard InChI is InChI=1S/C30H17F12N3O3/c31-27(32,33)16-7-3-5-14-18(11-21(29(37,38)39)43-23(14)16)26(9-1-2-10-45(26)20(13-46)25(47)48)19-12-22(30(40,41)42)44-24-15(19)6-4-8-17(24)28(34,35)36/h1-12,20,46H,13H2,(H,47,48). The largest absolute Gasteiger partial charge is 0.480 e. The lowest BCUT2D eigenvalue weighted by atomic mass is 9.75. The molecule has 0 fully saturated rings. The van der Waals surface area contributed by atoms with Crippen LogP contribution in [0.15, 0.2) is 73.0 Å². The van der Waals surface area contributed by atoms with Crippen LogP contribution in [0.3, 0.4) is 0 Å². The number of aliphatic hydroxyl groups excluding tert-OH is 1. The average Bonchev–Trinajstić information content (AvgIpc) is 2.98. The summed E-state index contributed by atoms with van der Waals surface area (Å²) in [5, 5.41) is 18.5. The van der Waals surface area contributed by atoms with Gasteiger partial charge in [-0.25, -0.2) is 14.8 Å². The summed E-state index contributed by atoms with van der Waals surface area (Å²) in [6, 6.07) is 2.03. The molecule has 254 valence electrons. The van der Waals surface area contributed by atoms with Crippen molar-refractivity contribution in [1.29, 1.82) is 0 Å². The molecule has 0 spiro atoms. The van der Waals surface area contributed by atoms with Gasteiger partial charge in [0.2, 0.25) is 0 Å². The lowest BCUT2D eigenvalue weighted by molar-refractivity contribution is -0.146. The Labute approximate surface area is 260 Å². The fourth-order valence-corrected chi connectivity index (χ4v) is 5.65. The summed E-state index contributed by atoms with van der Waals surface area (Å²) in [4.78, 5) is 19.3. The molecule has 1 aliphatic heterocycles. The van der Waals surface area contributed by atoms with E-state index < -0.39 is 104 Å². The molecule has 3 heterocycles. The number of hydrogen-bond acceptors (Lipinski definition) is 5. The number of allylic oxidation sites excluding steroid dienone is 2.